The highest BCUT2D eigenvalue weighted by atomic mass is 35.5. The zero-order valence-corrected chi connectivity index (χ0v) is 12.9. The number of amides is 2. The number of carboxylic acid groups (broad SMARTS) is 1. The number of carbonyl (C=O) groups is 2. The molecule has 0 heterocycles. The summed E-state index contributed by atoms with van der Waals surface area (Å²) in [6.07, 6.45) is 2.39. The molecule has 1 aromatic rings. The normalized spacial score (nSPS) is 10.2. The molecule has 2 amide bonds. The molecule has 0 aliphatic rings. The van der Waals surface area contributed by atoms with Gasteiger partial charge in [-0.15, -0.1) is 0 Å². The van der Waals surface area contributed by atoms with E-state index in [1.54, 1.807) is 18.0 Å². The molecule has 1 aromatic carbocycles. The maximum absolute atomic E-state index is 11.9. The molecular weight excluding hydrogens is 292 g/mol. The van der Waals surface area contributed by atoms with Crippen LogP contribution in [0.15, 0.2) is 24.3 Å². The summed E-state index contributed by atoms with van der Waals surface area (Å²) in [5.74, 6) is -0.779. The van der Waals surface area contributed by atoms with Gasteiger partial charge < -0.3 is 15.3 Å². The Bertz CT molecular complexity index is 480. The highest BCUT2D eigenvalue weighted by Gasteiger charge is 2.09. The van der Waals surface area contributed by atoms with Crippen molar-refractivity contribution in [3.8, 4) is 0 Å². The largest absolute Gasteiger partial charge is 0.481 e. The number of nitrogens with zero attached hydrogens (tertiary/aromatic N) is 1. The van der Waals surface area contributed by atoms with Gasteiger partial charge in [-0.25, -0.2) is 4.79 Å². The first kappa shape index (κ1) is 17.3. The predicted molar refractivity (Wildman–Crippen MR) is 82.4 cm³/mol. The van der Waals surface area contributed by atoms with E-state index in [-0.39, 0.29) is 12.5 Å². The second-order valence-corrected chi connectivity index (χ2v) is 5.29. The summed E-state index contributed by atoms with van der Waals surface area (Å²) >= 11 is 6.05. The molecular formula is C15H21ClN2O3. The molecule has 0 fully saturated rings. The molecule has 0 radical (unpaired) electrons. The molecule has 0 saturated carbocycles. The number of hydrogen-bond acceptors (Lipinski definition) is 2. The number of rotatable bonds is 8. The van der Waals surface area contributed by atoms with Crippen LogP contribution in [0.25, 0.3) is 0 Å². The molecule has 116 valence electrons. The monoisotopic (exact) mass is 312 g/mol. The summed E-state index contributed by atoms with van der Waals surface area (Å²) in [7, 11) is 1.71. The Kier molecular flexibility index (Phi) is 7.61. The fourth-order valence-corrected chi connectivity index (χ4v) is 2.06. The summed E-state index contributed by atoms with van der Waals surface area (Å²) < 4.78 is 0. The lowest BCUT2D eigenvalue weighted by atomic mass is 10.2. The minimum absolute atomic E-state index is 0.159. The fourth-order valence-electron chi connectivity index (χ4n) is 1.86. The van der Waals surface area contributed by atoms with Crippen molar-refractivity contribution in [2.45, 2.75) is 32.2 Å². The lowest BCUT2D eigenvalue weighted by Crippen LogP contribution is -2.37. The van der Waals surface area contributed by atoms with Crippen molar-refractivity contribution in [3.63, 3.8) is 0 Å². The van der Waals surface area contributed by atoms with Crippen LogP contribution in [0.2, 0.25) is 5.02 Å². The number of nitrogens with one attached hydrogen (secondary N) is 1. The summed E-state index contributed by atoms with van der Waals surface area (Å²) in [6, 6.07) is 7.26. The molecule has 2 N–H and O–H groups in total. The number of unbranched alkanes of at least 4 members (excludes halogenated alkanes) is 2. The van der Waals surface area contributed by atoms with E-state index in [0.29, 0.717) is 24.5 Å². The van der Waals surface area contributed by atoms with Gasteiger partial charge in [0.1, 0.15) is 0 Å². The average Bonchev–Trinajstić information content (AvgIpc) is 2.44. The Morgan fingerprint density at radius 2 is 1.95 bits per heavy atom. The van der Waals surface area contributed by atoms with Crippen LogP contribution in [0, 0.1) is 0 Å². The second kappa shape index (κ2) is 9.23. The Morgan fingerprint density at radius 3 is 2.62 bits per heavy atom. The summed E-state index contributed by atoms with van der Waals surface area (Å²) in [4.78, 5) is 23.8. The van der Waals surface area contributed by atoms with Crippen LogP contribution in [0.5, 0.6) is 0 Å². The van der Waals surface area contributed by atoms with Crippen LogP contribution in [-0.2, 0) is 11.3 Å². The van der Waals surface area contributed by atoms with E-state index in [1.165, 1.54) is 0 Å². The molecule has 1 rings (SSSR count). The standard InChI is InChI=1S/C15H21ClN2O3/c1-18(11-12-7-4-5-8-13(12)16)15(21)17-10-6-2-3-9-14(19)20/h4-5,7-8H,2-3,6,9-11H2,1H3,(H,17,21)(H,19,20). The van der Waals surface area contributed by atoms with Gasteiger partial charge in [0.05, 0.1) is 0 Å². The van der Waals surface area contributed by atoms with Crippen molar-refractivity contribution < 1.29 is 14.7 Å². The third-order valence-corrected chi connectivity index (χ3v) is 3.42. The van der Waals surface area contributed by atoms with Gasteiger partial charge in [-0.2, -0.15) is 0 Å². The number of halogens is 1. The molecule has 0 spiro atoms. The second-order valence-electron chi connectivity index (χ2n) is 4.88. The van der Waals surface area contributed by atoms with Crippen LogP contribution in [-0.4, -0.2) is 35.6 Å². The van der Waals surface area contributed by atoms with E-state index in [4.69, 9.17) is 16.7 Å². The highest BCUT2D eigenvalue weighted by molar-refractivity contribution is 6.31. The van der Waals surface area contributed by atoms with E-state index in [0.717, 1.165) is 18.4 Å². The predicted octanol–water partition coefficient (Wildman–Crippen LogP) is 3.13. The average molecular weight is 313 g/mol. The molecule has 21 heavy (non-hydrogen) atoms. The number of urea groups is 1. The lowest BCUT2D eigenvalue weighted by Gasteiger charge is -2.18. The molecule has 0 saturated heterocycles. The zero-order chi connectivity index (χ0) is 15.7. The SMILES string of the molecule is CN(Cc1ccccc1Cl)C(=O)NCCCCCC(=O)O. The zero-order valence-electron chi connectivity index (χ0n) is 12.1. The van der Waals surface area contributed by atoms with Crippen molar-refractivity contribution in [1.29, 1.82) is 0 Å². The van der Waals surface area contributed by atoms with Gasteiger partial charge in [-0.1, -0.05) is 36.2 Å². The Morgan fingerprint density at radius 1 is 1.24 bits per heavy atom. The number of hydrogen-bond donors (Lipinski definition) is 2. The third kappa shape index (κ3) is 6.99. The highest BCUT2D eigenvalue weighted by Crippen LogP contribution is 2.16. The van der Waals surface area contributed by atoms with Crippen LogP contribution in [0.1, 0.15) is 31.2 Å². The molecule has 6 heteroatoms. The van der Waals surface area contributed by atoms with Crippen molar-refractivity contribution >= 4 is 23.6 Å². The van der Waals surface area contributed by atoms with Gasteiger partial charge in [0.25, 0.3) is 0 Å². The molecule has 5 nitrogen and oxygen atoms in total. The van der Waals surface area contributed by atoms with Crippen molar-refractivity contribution in [2.75, 3.05) is 13.6 Å². The van der Waals surface area contributed by atoms with Crippen molar-refractivity contribution in [3.05, 3.63) is 34.9 Å². The Hall–Kier alpha value is -1.75. The molecule has 0 aliphatic carbocycles. The number of benzene rings is 1. The minimum Gasteiger partial charge on any atom is -0.481 e. The van der Waals surface area contributed by atoms with E-state index >= 15 is 0 Å². The van der Waals surface area contributed by atoms with Gasteiger partial charge >= 0.3 is 12.0 Å². The lowest BCUT2D eigenvalue weighted by molar-refractivity contribution is -0.137. The van der Waals surface area contributed by atoms with E-state index in [9.17, 15) is 9.59 Å². The topological polar surface area (TPSA) is 69.6 Å². The van der Waals surface area contributed by atoms with Crippen LogP contribution >= 0.6 is 11.6 Å². The molecule has 0 bridgehead atoms. The van der Waals surface area contributed by atoms with Gasteiger partial charge in [-0.3, -0.25) is 4.79 Å². The summed E-state index contributed by atoms with van der Waals surface area (Å²) in [5, 5.41) is 12.0. The van der Waals surface area contributed by atoms with Crippen LogP contribution in [0.3, 0.4) is 0 Å². The molecule has 0 aromatic heterocycles. The van der Waals surface area contributed by atoms with Crippen LogP contribution in [0.4, 0.5) is 4.79 Å². The van der Waals surface area contributed by atoms with Crippen molar-refractivity contribution in [1.82, 2.24) is 10.2 Å². The maximum Gasteiger partial charge on any atom is 0.317 e. The Labute approximate surface area is 129 Å². The van der Waals surface area contributed by atoms with Gasteiger partial charge in [0, 0.05) is 31.6 Å². The first-order valence-electron chi connectivity index (χ1n) is 6.95. The van der Waals surface area contributed by atoms with Crippen LogP contribution < -0.4 is 5.32 Å². The smallest absolute Gasteiger partial charge is 0.317 e. The quantitative estimate of drug-likeness (QED) is 0.725. The summed E-state index contributed by atoms with van der Waals surface area (Å²) in [5.41, 5.74) is 0.901. The van der Waals surface area contributed by atoms with E-state index < -0.39 is 5.97 Å². The Balaban J connectivity index is 2.23. The molecule has 0 atom stereocenters. The number of carboxylic acids is 1. The minimum atomic E-state index is -0.779. The van der Waals surface area contributed by atoms with E-state index in [2.05, 4.69) is 5.32 Å². The van der Waals surface area contributed by atoms with Crippen molar-refractivity contribution in [2.24, 2.45) is 0 Å². The number of carbonyl (C=O) groups excluding carboxylic acids is 1. The van der Waals surface area contributed by atoms with Gasteiger partial charge in [0.2, 0.25) is 0 Å². The van der Waals surface area contributed by atoms with Gasteiger partial charge in [-0.05, 0) is 24.5 Å². The van der Waals surface area contributed by atoms with E-state index in [1.807, 2.05) is 18.2 Å². The fraction of sp³-hybridized carbons (Fsp3) is 0.467. The van der Waals surface area contributed by atoms with Gasteiger partial charge in [0.15, 0.2) is 0 Å². The first-order valence-corrected chi connectivity index (χ1v) is 7.32. The third-order valence-electron chi connectivity index (χ3n) is 3.06. The molecule has 0 aliphatic heterocycles. The molecule has 0 unspecified atom stereocenters. The summed E-state index contributed by atoms with van der Waals surface area (Å²) in [6.45, 7) is 0.996. The number of aliphatic carboxylic acids is 1. The maximum atomic E-state index is 11.9. The first-order chi connectivity index (χ1) is 10.0.